The molecule has 0 fully saturated rings. The molecular formula is C21H40O3. The van der Waals surface area contributed by atoms with Crippen molar-refractivity contribution in [2.24, 2.45) is 0 Å². The number of hydrogen-bond acceptors (Lipinski definition) is 3. The first-order valence-electron chi connectivity index (χ1n) is 9.74. The third-order valence-electron chi connectivity index (χ3n) is 3.01. The van der Waals surface area contributed by atoms with Gasteiger partial charge in [-0.1, -0.05) is 59.7 Å². The SMILES string of the molecule is CC.CC.CCCOCCOCCCCOc1ccccc1CC. The monoisotopic (exact) mass is 340 g/mol. The molecule has 0 amide bonds. The highest BCUT2D eigenvalue weighted by atomic mass is 16.5. The molecule has 0 atom stereocenters. The first-order valence-corrected chi connectivity index (χ1v) is 9.74. The van der Waals surface area contributed by atoms with E-state index in [0.717, 1.165) is 51.3 Å². The van der Waals surface area contributed by atoms with E-state index in [9.17, 15) is 0 Å². The molecule has 0 saturated carbocycles. The highest BCUT2D eigenvalue weighted by Crippen LogP contribution is 2.18. The van der Waals surface area contributed by atoms with Crippen LogP contribution in [0.15, 0.2) is 24.3 Å². The molecule has 0 aliphatic carbocycles. The summed E-state index contributed by atoms with van der Waals surface area (Å²) < 4.78 is 16.6. The van der Waals surface area contributed by atoms with Gasteiger partial charge in [-0.25, -0.2) is 0 Å². The molecule has 24 heavy (non-hydrogen) atoms. The van der Waals surface area contributed by atoms with Crippen molar-refractivity contribution in [3.8, 4) is 5.75 Å². The van der Waals surface area contributed by atoms with E-state index in [1.54, 1.807) is 0 Å². The smallest absolute Gasteiger partial charge is 0.122 e. The van der Waals surface area contributed by atoms with Crippen LogP contribution in [0.5, 0.6) is 5.75 Å². The summed E-state index contributed by atoms with van der Waals surface area (Å²) in [4.78, 5) is 0. The number of benzene rings is 1. The van der Waals surface area contributed by atoms with Gasteiger partial charge in [-0.05, 0) is 37.3 Å². The van der Waals surface area contributed by atoms with E-state index < -0.39 is 0 Å². The van der Waals surface area contributed by atoms with Gasteiger partial charge in [0, 0.05) is 13.2 Å². The van der Waals surface area contributed by atoms with E-state index in [-0.39, 0.29) is 0 Å². The normalized spacial score (nSPS) is 9.42. The molecule has 142 valence electrons. The third-order valence-corrected chi connectivity index (χ3v) is 3.01. The molecule has 0 heterocycles. The summed E-state index contributed by atoms with van der Waals surface area (Å²) in [6, 6.07) is 8.24. The maximum Gasteiger partial charge on any atom is 0.122 e. The van der Waals surface area contributed by atoms with E-state index in [0.29, 0.717) is 13.2 Å². The minimum absolute atomic E-state index is 0.694. The standard InChI is InChI=1S/C17H28O3.2C2H6/c1-3-11-18-14-15-19-12-7-8-13-20-17-10-6-5-9-16(17)4-2;2*1-2/h5-6,9-10H,3-4,7-8,11-15H2,1-2H3;2*1-2H3. The number of aryl methyl sites for hydroxylation is 1. The van der Waals surface area contributed by atoms with E-state index in [2.05, 4.69) is 26.0 Å². The van der Waals surface area contributed by atoms with Gasteiger partial charge in [0.15, 0.2) is 0 Å². The Labute approximate surface area is 150 Å². The van der Waals surface area contributed by atoms with Gasteiger partial charge in [0.2, 0.25) is 0 Å². The molecular weight excluding hydrogens is 300 g/mol. The molecule has 0 bridgehead atoms. The average Bonchev–Trinajstić information content (AvgIpc) is 2.67. The molecule has 3 heteroatoms. The van der Waals surface area contributed by atoms with Crippen molar-refractivity contribution in [3.63, 3.8) is 0 Å². The highest BCUT2D eigenvalue weighted by Gasteiger charge is 2.00. The predicted octanol–water partition coefficient (Wildman–Crippen LogP) is 5.90. The number of ether oxygens (including phenoxy) is 3. The van der Waals surface area contributed by atoms with Crippen molar-refractivity contribution in [2.45, 2.75) is 67.2 Å². The predicted molar refractivity (Wildman–Crippen MR) is 105 cm³/mol. The Bertz CT molecular complexity index is 340. The lowest BCUT2D eigenvalue weighted by atomic mass is 10.1. The van der Waals surface area contributed by atoms with Crippen LogP contribution in [0.1, 0.15) is 66.4 Å². The van der Waals surface area contributed by atoms with Crippen molar-refractivity contribution in [2.75, 3.05) is 33.0 Å². The van der Waals surface area contributed by atoms with Gasteiger partial charge < -0.3 is 14.2 Å². The van der Waals surface area contributed by atoms with Crippen LogP contribution in [-0.4, -0.2) is 33.0 Å². The zero-order valence-electron chi connectivity index (χ0n) is 16.9. The van der Waals surface area contributed by atoms with Crippen LogP contribution in [-0.2, 0) is 15.9 Å². The summed E-state index contributed by atoms with van der Waals surface area (Å²) in [5.41, 5.74) is 1.27. The second-order valence-corrected chi connectivity index (χ2v) is 4.74. The van der Waals surface area contributed by atoms with Gasteiger partial charge in [-0.15, -0.1) is 0 Å². The molecule has 3 nitrogen and oxygen atoms in total. The fourth-order valence-electron chi connectivity index (χ4n) is 1.89. The van der Waals surface area contributed by atoms with Crippen LogP contribution in [0.2, 0.25) is 0 Å². The minimum atomic E-state index is 0.694. The molecule has 0 saturated heterocycles. The van der Waals surface area contributed by atoms with E-state index >= 15 is 0 Å². The second-order valence-electron chi connectivity index (χ2n) is 4.74. The maximum atomic E-state index is 5.81. The van der Waals surface area contributed by atoms with Crippen molar-refractivity contribution >= 4 is 0 Å². The van der Waals surface area contributed by atoms with Gasteiger partial charge in [-0.2, -0.15) is 0 Å². The number of unbranched alkanes of at least 4 members (excludes halogenated alkanes) is 1. The van der Waals surface area contributed by atoms with Crippen LogP contribution in [0, 0.1) is 0 Å². The number of para-hydroxylation sites is 1. The zero-order chi connectivity index (χ0) is 18.5. The number of hydrogen-bond donors (Lipinski definition) is 0. The topological polar surface area (TPSA) is 27.7 Å². The molecule has 0 aliphatic heterocycles. The van der Waals surface area contributed by atoms with Crippen LogP contribution in [0.4, 0.5) is 0 Å². The van der Waals surface area contributed by atoms with Crippen molar-refractivity contribution in [1.82, 2.24) is 0 Å². The molecule has 0 N–H and O–H groups in total. The summed E-state index contributed by atoms with van der Waals surface area (Å²) in [6.07, 6.45) is 4.13. The zero-order valence-corrected chi connectivity index (χ0v) is 16.9. The maximum absolute atomic E-state index is 5.81. The summed E-state index contributed by atoms with van der Waals surface area (Å²) >= 11 is 0. The Morgan fingerprint density at radius 1 is 0.708 bits per heavy atom. The lowest BCUT2D eigenvalue weighted by Gasteiger charge is -2.10. The number of rotatable bonds is 12. The summed E-state index contributed by atoms with van der Waals surface area (Å²) in [7, 11) is 0. The lowest BCUT2D eigenvalue weighted by molar-refractivity contribution is 0.0458. The molecule has 1 aromatic rings. The first kappa shape index (κ1) is 25.2. The fourth-order valence-corrected chi connectivity index (χ4v) is 1.89. The third kappa shape index (κ3) is 14.5. The largest absolute Gasteiger partial charge is 0.493 e. The van der Waals surface area contributed by atoms with Gasteiger partial charge in [0.05, 0.1) is 19.8 Å². The van der Waals surface area contributed by atoms with Gasteiger partial charge in [-0.3, -0.25) is 0 Å². The fraction of sp³-hybridized carbons (Fsp3) is 0.714. The Hall–Kier alpha value is -1.06. The van der Waals surface area contributed by atoms with Crippen LogP contribution >= 0.6 is 0 Å². The molecule has 1 aromatic carbocycles. The molecule has 1 rings (SSSR count). The Morgan fingerprint density at radius 2 is 1.29 bits per heavy atom. The van der Waals surface area contributed by atoms with Crippen LogP contribution in [0.3, 0.4) is 0 Å². The van der Waals surface area contributed by atoms with E-state index in [1.807, 2.05) is 39.8 Å². The van der Waals surface area contributed by atoms with Gasteiger partial charge >= 0.3 is 0 Å². The van der Waals surface area contributed by atoms with Gasteiger partial charge in [0.25, 0.3) is 0 Å². The second kappa shape index (κ2) is 21.9. The lowest BCUT2D eigenvalue weighted by Crippen LogP contribution is -2.07. The van der Waals surface area contributed by atoms with Crippen molar-refractivity contribution in [1.29, 1.82) is 0 Å². The molecule has 0 spiro atoms. The van der Waals surface area contributed by atoms with Crippen LogP contribution < -0.4 is 4.74 Å². The van der Waals surface area contributed by atoms with E-state index in [1.165, 1.54) is 5.56 Å². The van der Waals surface area contributed by atoms with Crippen LogP contribution in [0.25, 0.3) is 0 Å². The Morgan fingerprint density at radius 3 is 1.92 bits per heavy atom. The Balaban J connectivity index is 0. The molecule has 0 aromatic heterocycles. The minimum Gasteiger partial charge on any atom is -0.493 e. The average molecular weight is 341 g/mol. The summed E-state index contributed by atoms with van der Waals surface area (Å²) in [6.45, 7) is 16.0. The van der Waals surface area contributed by atoms with E-state index in [4.69, 9.17) is 14.2 Å². The highest BCUT2D eigenvalue weighted by molar-refractivity contribution is 5.33. The molecule has 0 aliphatic rings. The molecule has 0 unspecified atom stereocenters. The first-order chi connectivity index (χ1) is 11.9. The summed E-state index contributed by atoms with van der Waals surface area (Å²) in [5, 5.41) is 0. The Kier molecular flexibility index (Phi) is 23.0. The van der Waals surface area contributed by atoms with Crippen molar-refractivity contribution < 1.29 is 14.2 Å². The quantitative estimate of drug-likeness (QED) is 0.443. The van der Waals surface area contributed by atoms with Crippen molar-refractivity contribution in [3.05, 3.63) is 29.8 Å². The van der Waals surface area contributed by atoms with Gasteiger partial charge in [0.1, 0.15) is 5.75 Å². The molecule has 0 radical (unpaired) electrons. The summed E-state index contributed by atoms with van der Waals surface area (Å²) in [5.74, 6) is 1.02.